The average Bonchev–Trinajstić information content (AvgIpc) is 2.39. The van der Waals surface area contributed by atoms with Gasteiger partial charge in [-0.3, -0.25) is 0 Å². The molecule has 0 aliphatic carbocycles. The first-order chi connectivity index (χ1) is 9.47. The molecule has 0 saturated carbocycles. The molecular weight excluding hydrogens is 280 g/mol. The first-order valence-corrected chi connectivity index (χ1v) is 6.81. The molecule has 1 unspecified atom stereocenters. The summed E-state index contributed by atoms with van der Waals surface area (Å²) in [7, 11) is 0. The zero-order valence-electron chi connectivity index (χ0n) is 11.3. The highest BCUT2D eigenvalue weighted by Crippen LogP contribution is 2.23. The summed E-state index contributed by atoms with van der Waals surface area (Å²) in [5.74, 6) is -1.10. The Balaban J connectivity index is 2.10. The van der Waals surface area contributed by atoms with Crippen molar-refractivity contribution in [2.75, 3.05) is 0 Å². The first-order valence-electron chi connectivity index (χ1n) is 6.44. The fourth-order valence-electron chi connectivity index (χ4n) is 2.17. The van der Waals surface area contributed by atoms with Crippen molar-refractivity contribution >= 4 is 11.6 Å². The van der Waals surface area contributed by atoms with Gasteiger partial charge in [-0.2, -0.15) is 0 Å². The SMILES string of the molecule is CC(N[C@H](C)c1ccc(Cl)cc1)c1ccc(F)cc1F. The van der Waals surface area contributed by atoms with E-state index in [0.29, 0.717) is 10.6 Å². The van der Waals surface area contributed by atoms with E-state index in [1.807, 2.05) is 38.1 Å². The van der Waals surface area contributed by atoms with Gasteiger partial charge in [0.05, 0.1) is 0 Å². The molecule has 2 rings (SSSR count). The lowest BCUT2D eigenvalue weighted by Crippen LogP contribution is -2.23. The fraction of sp³-hybridized carbons (Fsp3) is 0.250. The number of rotatable bonds is 4. The van der Waals surface area contributed by atoms with Gasteiger partial charge in [-0.1, -0.05) is 29.8 Å². The Morgan fingerprint density at radius 2 is 1.60 bits per heavy atom. The first kappa shape index (κ1) is 14.9. The lowest BCUT2D eigenvalue weighted by molar-refractivity contribution is 0.470. The molecule has 2 aromatic rings. The highest BCUT2D eigenvalue weighted by Gasteiger charge is 2.15. The Kier molecular flexibility index (Phi) is 4.73. The van der Waals surface area contributed by atoms with Crippen LogP contribution >= 0.6 is 11.6 Å². The van der Waals surface area contributed by atoms with Crippen LogP contribution in [0.4, 0.5) is 8.78 Å². The third-order valence-corrected chi connectivity index (χ3v) is 3.55. The minimum absolute atomic E-state index is 0.0340. The van der Waals surface area contributed by atoms with Crippen molar-refractivity contribution < 1.29 is 8.78 Å². The van der Waals surface area contributed by atoms with E-state index in [4.69, 9.17) is 11.6 Å². The van der Waals surface area contributed by atoms with Crippen LogP contribution in [0.25, 0.3) is 0 Å². The summed E-state index contributed by atoms with van der Waals surface area (Å²) in [6, 6.07) is 10.9. The molecule has 1 nitrogen and oxygen atoms in total. The van der Waals surface area contributed by atoms with E-state index in [1.165, 1.54) is 12.1 Å². The van der Waals surface area contributed by atoms with Gasteiger partial charge in [-0.05, 0) is 37.6 Å². The van der Waals surface area contributed by atoms with E-state index in [-0.39, 0.29) is 12.1 Å². The summed E-state index contributed by atoms with van der Waals surface area (Å²) in [6.45, 7) is 3.84. The minimum atomic E-state index is -0.566. The monoisotopic (exact) mass is 295 g/mol. The molecule has 0 aliphatic rings. The second-order valence-corrected chi connectivity index (χ2v) is 5.26. The van der Waals surface area contributed by atoms with Crippen LogP contribution in [0.1, 0.15) is 37.1 Å². The van der Waals surface area contributed by atoms with Crippen LogP contribution in [0.15, 0.2) is 42.5 Å². The third kappa shape index (κ3) is 3.56. The second-order valence-electron chi connectivity index (χ2n) is 4.83. The van der Waals surface area contributed by atoms with Crippen molar-refractivity contribution in [3.63, 3.8) is 0 Å². The van der Waals surface area contributed by atoms with E-state index in [0.717, 1.165) is 11.6 Å². The predicted molar refractivity (Wildman–Crippen MR) is 77.8 cm³/mol. The predicted octanol–water partition coefficient (Wildman–Crippen LogP) is 5.03. The molecule has 2 atom stereocenters. The van der Waals surface area contributed by atoms with E-state index < -0.39 is 11.6 Å². The van der Waals surface area contributed by atoms with Crippen LogP contribution in [-0.2, 0) is 0 Å². The van der Waals surface area contributed by atoms with Gasteiger partial charge in [0.15, 0.2) is 0 Å². The largest absolute Gasteiger partial charge is 0.304 e. The molecule has 1 N–H and O–H groups in total. The van der Waals surface area contributed by atoms with E-state index in [9.17, 15) is 8.78 Å². The summed E-state index contributed by atoms with van der Waals surface area (Å²) < 4.78 is 26.6. The summed E-state index contributed by atoms with van der Waals surface area (Å²) in [5, 5.41) is 3.97. The van der Waals surface area contributed by atoms with Crippen LogP contribution < -0.4 is 5.32 Å². The van der Waals surface area contributed by atoms with Crippen molar-refractivity contribution in [2.24, 2.45) is 0 Å². The standard InChI is InChI=1S/C16H16ClF2N/c1-10(12-3-5-13(17)6-4-12)20-11(2)15-8-7-14(18)9-16(15)19/h3-11,20H,1-2H3/t10-,11?/m1/s1. The number of halogens is 3. The highest BCUT2D eigenvalue weighted by atomic mass is 35.5. The summed E-state index contributed by atoms with van der Waals surface area (Å²) in [5.41, 5.74) is 1.51. The zero-order chi connectivity index (χ0) is 14.7. The molecule has 2 aromatic carbocycles. The maximum absolute atomic E-state index is 13.7. The average molecular weight is 296 g/mol. The molecular formula is C16H16ClF2N. The molecule has 0 aromatic heterocycles. The lowest BCUT2D eigenvalue weighted by Gasteiger charge is -2.21. The molecule has 0 saturated heterocycles. The summed E-state index contributed by atoms with van der Waals surface area (Å²) in [6.07, 6.45) is 0. The smallest absolute Gasteiger partial charge is 0.130 e. The lowest BCUT2D eigenvalue weighted by atomic mass is 10.0. The van der Waals surface area contributed by atoms with Crippen molar-refractivity contribution in [3.05, 3.63) is 70.2 Å². The summed E-state index contributed by atoms with van der Waals surface area (Å²) in [4.78, 5) is 0. The number of hydrogen-bond acceptors (Lipinski definition) is 1. The summed E-state index contributed by atoms with van der Waals surface area (Å²) >= 11 is 5.85. The fourth-order valence-corrected chi connectivity index (χ4v) is 2.29. The van der Waals surface area contributed by atoms with Crippen molar-refractivity contribution in [2.45, 2.75) is 25.9 Å². The van der Waals surface area contributed by atoms with Crippen molar-refractivity contribution in [1.82, 2.24) is 5.32 Å². The molecule has 0 aliphatic heterocycles. The van der Waals surface area contributed by atoms with Crippen molar-refractivity contribution in [3.8, 4) is 0 Å². The molecule has 0 amide bonds. The van der Waals surface area contributed by atoms with Crippen LogP contribution in [0.5, 0.6) is 0 Å². The van der Waals surface area contributed by atoms with E-state index >= 15 is 0 Å². The molecule has 0 fully saturated rings. The van der Waals surface area contributed by atoms with Crippen LogP contribution in [0, 0.1) is 11.6 Å². The normalized spacial score (nSPS) is 14.1. The Hall–Kier alpha value is -1.45. The second kappa shape index (κ2) is 6.33. The Morgan fingerprint density at radius 1 is 0.950 bits per heavy atom. The van der Waals surface area contributed by atoms with Gasteiger partial charge in [0.1, 0.15) is 11.6 Å². The number of hydrogen-bond donors (Lipinski definition) is 1. The van der Waals surface area contributed by atoms with Gasteiger partial charge in [0.2, 0.25) is 0 Å². The molecule has 0 radical (unpaired) electrons. The minimum Gasteiger partial charge on any atom is -0.304 e. The third-order valence-electron chi connectivity index (χ3n) is 3.30. The van der Waals surface area contributed by atoms with Gasteiger partial charge in [0, 0.05) is 28.7 Å². The van der Waals surface area contributed by atoms with Crippen LogP contribution in [0.3, 0.4) is 0 Å². The molecule has 0 heterocycles. The molecule has 20 heavy (non-hydrogen) atoms. The van der Waals surface area contributed by atoms with Gasteiger partial charge in [0.25, 0.3) is 0 Å². The number of nitrogens with one attached hydrogen (secondary N) is 1. The molecule has 106 valence electrons. The molecule has 4 heteroatoms. The maximum Gasteiger partial charge on any atom is 0.130 e. The van der Waals surface area contributed by atoms with Gasteiger partial charge >= 0.3 is 0 Å². The molecule has 0 bridgehead atoms. The topological polar surface area (TPSA) is 12.0 Å². The van der Waals surface area contributed by atoms with E-state index in [2.05, 4.69) is 5.32 Å². The zero-order valence-corrected chi connectivity index (χ0v) is 12.1. The van der Waals surface area contributed by atoms with Gasteiger partial charge < -0.3 is 5.32 Å². The Bertz CT molecular complexity index is 584. The molecule has 0 spiro atoms. The highest BCUT2D eigenvalue weighted by molar-refractivity contribution is 6.30. The van der Waals surface area contributed by atoms with E-state index in [1.54, 1.807) is 0 Å². The number of benzene rings is 2. The van der Waals surface area contributed by atoms with Gasteiger partial charge in [-0.25, -0.2) is 8.78 Å². The van der Waals surface area contributed by atoms with Crippen molar-refractivity contribution in [1.29, 1.82) is 0 Å². The van der Waals surface area contributed by atoms with Crippen LogP contribution in [0.2, 0.25) is 5.02 Å². The quantitative estimate of drug-likeness (QED) is 0.834. The van der Waals surface area contributed by atoms with Gasteiger partial charge in [-0.15, -0.1) is 0 Å². The maximum atomic E-state index is 13.7. The Morgan fingerprint density at radius 3 is 2.20 bits per heavy atom. The van der Waals surface area contributed by atoms with Crippen LogP contribution in [-0.4, -0.2) is 0 Å². The Labute approximate surface area is 122 Å².